The van der Waals surface area contributed by atoms with Crippen molar-refractivity contribution in [3.63, 3.8) is 0 Å². The Morgan fingerprint density at radius 2 is 1.79 bits per heavy atom. The van der Waals surface area contributed by atoms with E-state index in [1.807, 2.05) is 0 Å². The minimum atomic E-state index is -4.73. The monoisotopic (exact) mass is 269 g/mol. The van der Waals surface area contributed by atoms with Crippen molar-refractivity contribution in [1.82, 2.24) is 4.98 Å². The van der Waals surface area contributed by atoms with E-state index in [1.54, 1.807) is 18.2 Å². The van der Waals surface area contributed by atoms with Crippen LogP contribution in [-0.4, -0.2) is 18.5 Å². The maximum atomic E-state index is 12.3. The predicted octanol–water partition coefficient (Wildman–Crippen LogP) is 3.66. The SMILES string of the molecule is COc1ccc(-c2ccccc2OC(F)(F)F)cn1. The summed E-state index contributed by atoms with van der Waals surface area (Å²) in [7, 11) is 1.46. The van der Waals surface area contributed by atoms with Crippen molar-refractivity contribution in [1.29, 1.82) is 0 Å². The van der Waals surface area contributed by atoms with Crippen LogP contribution in [0, 0.1) is 0 Å². The molecule has 1 aromatic carbocycles. The molecule has 6 heteroatoms. The number of methoxy groups -OCH3 is 1. The lowest BCUT2D eigenvalue weighted by Gasteiger charge is -2.13. The smallest absolute Gasteiger partial charge is 0.481 e. The highest BCUT2D eigenvalue weighted by atomic mass is 19.4. The molecule has 0 amide bonds. The quantitative estimate of drug-likeness (QED) is 0.852. The standard InChI is InChI=1S/C13H10F3NO2/c1-18-12-7-6-9(8-17-12)10-4-2-3-5-11(10)19-13(14,15)16/h2-8H,1H3. The molecule has 0 spiro atoms. The molecule has 0 N–H and O–H groups in total. The Morgan fingerprint density at radius 1 is 1.05 bits per heavy atom. The van der Waals surface area contributed by atoms with Gasteiger partial charge < -0.3 is 9.47 Å². The van der Waals surface area contributed by atoms with E-state index in [0.717, 1.165) is 0 Å². The summed E-state index contributed by atoms with van der Waals surface area (Å²) in [6.45, 7) is 0. The second-order valence-corrected chi connectivity index (χ2v) is 3.63. The van der Waals surface area contributed by atoms with Crippen molar-refractivity contribution in [3.8, 4) is 22.8 Å². The zero-order valence-electron chi connectivity index (χ0n) is 9.94. The lowest BCUT2D eigenvalue weighted by molar-refractivity contribution is -0.274. The van der Waals surface area contributed by atoms with Crippen LogP contribution >= 0.6 is 0 Å². The van der Waals surface area contributed by atoms with Crippen LogP contribution in [0.5, 0.6) is 11.6 Å². The first-order valence-electron chi connectivity index (χ1n) is 5.35. The van der Waals surface area contributed by atoms with Gasteiger partial charge in [0, 0.05) is 23.4 Å². The van der Waals surface area contributed by atoms with Crippen LogP contribution in [0.1, 0.15) is 0 Å². The zero-order chi connectivity index (χ0) is 13.9. The highest BCUT2D eigenvalue weighted by molar-refractivity contribution is 5.69. The van der Waals surface area contributed by atoms with Crippen molar-refractivity contribution in [3.05, 3.63) is 42.6 Å². The van der Waals surface area contributed by atoms with Crippen LogP contribution in [0.3, 0.4) is 0 Å². The third-order valence-electron chi connectivity index (χ3n) is 2.37. The van der Waals surface area contributed by atoms with Crippen molar-refractivity contribution in [2.45, 2.75) is 6.36 Å². The van der Waals surface area contributed by atoms with Crippen molar-refractivity contribution >= 4 is 0 Å². The van der Waals surface area contributed by atoms with Crippen LogP contribution in [0.4, 0.5) is 13.2 Å². The second-order valence-electron chi connectivity index (χ2n) is 3.63. The topological polar surface area (TPSA) is 31.4 Å². The Morgan fingerprint density at radius 3 is 2.37 bits per heavy atom. The van der Waals surface area contributed by atoms with Gasteiger partial charge in [0.25, 0.3) is 0 Å². The minimum Gasteiger partial charge on any atom is -0.481 e. The van der Waals surface area contributed by atoms with Crippen molar-refractivity contribution < 1.29 is 22.6 Å². The largest absolute Gasteiger partial charge is 0.573 e. The van der Waals surface area contributed by atoms with Crippen LogP contribution in [-0.2, 0) is 0 Å². The molecule has 2 aromatic rings. The van der Waals surface area contributed by atoms with E-state index in [2.05, 4.69) is 9.72 Å². The first kappa shape index (κ1) is 13.2. The van der Waals surface area contributed by atoms with Gasteiger partial charge in [-0.2, -0.15) is 0 Å². The van der Waals surface area contributed by atoms with Gasteiger partial charge in [-0.3, -0.25) is 0 Å². The molecule has 1 aromatic heterocycles. The fourth-order valence-corrected chi connectivity index (χ4v) is 1.58. The summed E-state index contributed by atoms with van der Waals surface area (Å²) in [6.07, 6.45) is -3.30. The molecular formula is C13H10F3NO2. The van der Waals surface area contributed by atoms with E-state index in [1.165, 1.54) is 31.5 Å². The molecule has 0 aliphatic heterocycles. The molecular weight excluding hydrogens is 259 g/mol. The van der Waals surface area contributed by atoms with Gasteiger partial charge in [-0.1, -0.05) is 18.2 Å². The number of hydrogen-bond acceptors (Lipinski definition) is 3. The van der Waals surface area contributed by atoms with Crippen LogP contribution < -0.4 is 9.47 Å². The molecule has 0 fully saturated rings. The van der Waals surface area contributed by atoms with E-state index < -0.39 is 6.36 Å². The summed E-state index contributed by atoms with van der Waals surface area (Å²) in [5.74, 6) is 0.125. The van der Waals surface area contributed by atoms with Gasteiger partial charge in [0.1, 0.15) is 5.75 Å². The average molecular weight is 269 g/mol. The highest BCUT2D eigenvalue weighted by Gasteiger charge is 2.32. The summed E-state index contributed by atoms with van der Waals surface area (Å²) in [5, 5.41) is 0. The third kappa shape index (κ3) is 3.37. The first-order chi connectivity index (χ1) is 8.99. The molecule has 3 nitrogen and oxygen atoms in total. The third-order valence-corrected chi connectivity index (χ3v) is 2.37. The van der Waals surface area contributed by atoms with E-state index in [0.29, 0.717) is 17.0 Å². The summed E-state index contributed by atoms with van der Waals surface area (Å²) in [4.78, 5) is 3.95. The fourth-order valence-electron chi connectivity index (χ4n) is 1.58. The molecule has 0 aliphatic rings. The maximum absolute atomic E-state index is 12.3. The van der Waals surface area contributed by atoms with Gasteiger partial charge in [0.2, 0.25) is 5.88 Å². The molecule has 0 saturated heterocycles. The Balaban J connectivity index is 2.38. The Hall–Kier alpha value is -2.24. The normalized spacial score (nSPS) is 11.2. The lowest BCUT2D eigenvalue weighted by atomic mass is 10.1. The Bertz CT molecular complexity index is 553. The van der Waals surface area contributed by atoms with Crippen LogP contribution in [0.2, 0.25) is 0 Å². The number of hydrogen-bond donors (Lipinski definition) is 0. The number of benzene rings is 1. The molecule has 19 heavy (non-hydrogen) atoms. The Kier molecular flexibility index (Phi) is 3.59. The van der Waals surface area contributed by atoms with Crippen LogP contribution in [0.25, 0.3) is 11.1 Å². The summed E-state index contributed by atoms with van der Waals surface area (Å²) in [6, 6.07) is 9.08. The van der Waals surface area contributed by atoms with Gasteiger partial charge in [-0.25, -0.2) is 4.98 Å². The van der Waals surface area contributed by atoms with E-state index in [-0.39, 0.29) is 5.75 Å². The molecule has 0 unspecified atom stereocenters. The molecule has 100 valence electrons. The molecule has 0 aliphatic carbocycles. The summed E-state index contributed by atoms with van der Waals surface area (Å²) >= 11 is 0. The van der Waals surface area contributed by atoms with Gasteiger partial charge in [0.15, 0.2) is 0 Å². The molecule has 0 saturated carbocycles. The fraction of sp³-hybridized carbons (Fsp3) is 0.154. The van der Waals surface area contributed by atoms with E-state index in [9.17, 15) is 13.2 Å². The van der Waals surface area contributed by atoms with Gasteiger partial charge in [-0.15, -0.1) is 13.2 Å². The van der Waals surface area contributed by atoms with E-state index >= 15 is 0 Å². The van der Waals surface area contributed by atoms with E-state index in [4.69, 9.17) is 4.74 Å². The minimum absolute atomic E-state index is 0.262. The van der Waals surface area contributed by atoms with Crippen LogP contribution in [0.15, 0.2) is 42.6 Å². The number of rotatable bonds is 3. The highest BCUT2D eigenvalue weighted by Crippen LogP contribution is 2.33. The molecule has 0 radical (unpaired) electrons. The number of para-hydroxylation sites is 1. The number of ether oxygens (including phenoxy) is 2. The first-order valence-corrected chi connectivity index (χ1v) is 5.35. The average Bonchev–Trinajstić information content (AvgIpc) is 2.38. The molecule has 0 bridgehead atoms. The lowest BCUT2D eigenvalue weighted by Crippen LogP contribution is -2.17. The molecule has 2 rings (SSSR count). The molecule has 0 atom stereocenters. The molecule has 1 heterocycles. The number of pyridine rings is 1. The van der Waals surface area contributed by atoms with Crippen molar-refractivity contribution in [2.75, 3.05) is 7.11 Å². The maximum Gasteiger partial charge on any atom is 0.573 e. The predicted molar refractivity (Wildman–Crippen MR) is 62.9 cm³/mol. The van der Waals surface area contributed by atoms with Crippen molar-refractivity contribution in [2.24, 2.45) is 0 Å². The Labute approximate surface area is 107 Å². The second kappa shape index (κ2) is 5.17. The number of aromatic nitrogens is 1. The van der Waals surface area contributed by atoms with Gasteiger partial charge in [-0.05, 0) is 12.1 Å². The van der Waals surface area contributed by atoms with Gasteiger partial charge >= 0.3 is 6.36 Å². The summed E-state index contributed by atoms with van der Waals surface area (Å²) in [5.41, 5.74) is 0.829. The van der Waals surface area contributed by atoms with Gasteiger partial charge in [0.05, 0.1) is 7.11 Å². The zero-order valence-corrected chi connectivity index (χ0v) is 9.94. The summed E-state index contributed by atoms with van der Waals surface area (Å²) < 4.78 is 45.8. The number of halogens is 3. The number of nitrogens with zero attached hydrogens (tertiary/aromatic N) is 1. The number of alkyl halides is 3.